The smallest absolute Gasteiger partial charge is 0.396 e. The molecule has 0 radical (unpaired) electrons. The molecule has 162 valence electrons. The van der Waals surface area contributed by atoms with Crippen LogP contribution in [0.5, 0.6) is 0 Å². The standard InChI is InChI=1S/C5H13O7P.C5H12O4.H3O3P/c6-1-5(2-7,3-8)4-12-13(9,10)11;6-1-5(2-7,3-8)4-9;1-4(2)3/h6-8H,1-4H2,(H2,9,10,11);6-9H,1-4H2;4H,(H2,1,2,3). The normalized spacial score (nSPS) is 12.2. The molecule has 14 nitrogen and oxygen atoms in total. The van der Waals surface area contributed by atoms with Gasteiger partial charge in [0.2, 0.25) is 0 Å². The van der Waals surface area contributed by atoms with Crippen LogP contribution in [-0.2, 0) is 13.7 Å². The van der Waals surface area contributed by atoms with Crippen molar-refractivity contribution in [2.45, 2.75) is 0 Å². The molecule has 26 heavy (non-hydrogen) atoms. The second-order valence-electron chi connectivity index (χ2n) is 5.15. The lowest BCUT2D eigenvalue weighted by Crippen LogP contribution is -2.38. The third kappa shape index (κ3) is 16.2. The Labute approximate surface area is 149 Å². The van der Waals surface area contributed by atoms with Gasteiger partial charge in [0.25, 0.3) is 0 Å². The van der Waals surface area contributed by atoms with Crippen LogP contribution in [0.3, 0.4) is 0 Å². The van der Waals surface area contributed by atoms with Crippen molar-refractivity contribution in [2.75, 3.05) is 52.9 Å². The van der Waals surface area contributed by atoms with Gasteiger partial charge >= 0.3 is 16.1 Å². The zero-order valence-corrected chi connectivity index (χ0v) is 15.6. The summed E-state index contributed by atoms with van der Waals surface area (Å²) in [7, 11) is -7.76. The molecule has 0 aromatic rings. The first-order chi connectivity index (χ1) is 11.9. The monoisotopic (exact) mass is 434 g/mol. The van der Waals surface area contributed by atoms with E-state index in [-0.39, 0.29) is 0 Å². The Morgan fingerprint density at radius 3 is 1.04 bits per heavy atom. The maximum absolute atomic E-state index is 10.3. The maximum atomic E-state index is 10.3. The lowest BCUT2D eigenvalue weighted by atomic mass is 9.93. The average molecular weight is 434 g/mol. The first kappa shape index (κ1) is 30.7. The Kier molecular flexibility index (Phi) is 18.9. The summed E-state index contributed by atoms with van der Waals surface area (Å²) in [4.78, 5) is 30.9. The molecule has 0 aliphatic heterocycles. The first-order valence-electron chi connectivity index (χ1n) is 6.75. The quantitative estimate of drug-likeness (QED) is 0.144. The van der Waals surface area contributed by atoms with E-state index >= 15 is 0 Å². The van der Waals surface area contributed by atoms with Crippen LogP contribution in [0, 0.1) is 10.8 Å². The number of phosphoric acid groups is 1. The molecule has 0 bridgehead atoms. The van der Waals surface area contributed by atoms with Crippen molar-refractivity contribution in [3.63, 3.8) is 0 Å². The highest BCUT2D eigenvalue weighted by atomic mass is 31.2. The summed E-state index contributed by atoms with van der Waals surface area (Å²) in [5.74, 6) is 0. The van der Waals surface area contributed by atoms with E-state index in [2.05, 4.69) is 4.52 Å². The van der Waals surface area contributed by atoms with Crippen LogP contribution < -0.4 is 0 Å². The number of rotatable bonds is 10. The van der Waals surface area contributed by atoms with Gasteiger partial charge in [0.1, 0.15) is 0 Å². The Morgan fingerprint density at radius 2 is 0.923 bits per heavy atom. The van der Waals surface area contributed by atoms with Crippen LogP contribution in [0.15, 0.2) is 0 Å². The number of hydrogen-bond donors (Lipinski definition) is 11. The van der Waals surface area contributed by atoms with Gasteiger partial charge in [0.05, 0.1) is 63.7 Å². The highest BCUT2D eigenvalue weighted by Gasteiger charge is 2.31. The highest BCUT2D eigenvalue weighted by molar-refractivity contribution is 7.46. The molecule has 0 rings (SSSR count). The molecule has 16 heteroatoms. The summed E-state index contributed by atoms with van der Waals surface area (Å²) in [6.45, 7) is -4.11. The van der Waals surface area contributed by atoms with Crippen LogP contribution in [0.1, 0.15) is 0 Å². The van der Waals surface area contributed by atoms with Crippen LogP contribution >= 0.6 is 16.1 Å². The molecule has 0 aliphatic rings. The fourth-order valence-electron chi connectivity index (χ4n) is 0.808. The molecule has 0 amide bonds. The predicted molar refractivity (Wildman–Crippen MR) is 85.9 cm³/mol. The van der Waals surface area contributed by atoms with Crippen LogP contribution in [-0.4, -0.2) is 108 Å². The Balaban J connectivity index is -0.000000352. The Hall–Kier alpha value is -0.0200. The van der Waals surface area contributed by atoms with Gasteiger partial charge < -0.3 is 55.3 Å². The highest BCUT2D eigenvalue weighted by Crippen LogP contribution is 2.37. The summed E-state index contributed by atoms with van der Waals surface area (Å²) in [6, 6.07) is 0. The van der Waals surface area contributed by atoms with E-state index in [1.807, 2.05) is 0 Å². The fourth-order valence-corrected chi connectivity index (χ4v) is 1.25. The lowest BCUT2D eigenvalue weighted by molar-refractivity contribution is -0.0330. The molecule has 11 N–H and O–H groups in total. The van der Waals surface area contributed by atoms with Crippen LogP contribution in [0.25, 0.3) is 0 Å². The third-order valence-electron chi connectivity index (χ3n) is 2.89. The van der Waals surface area contributed by atoms with Crippen molar-refractivity contribution >= 4 is 16.1 Å². The molecule has 0 fully saturated rings. The zero-order valence-electron chi connectivity index (χ0n) is 13.7. The molecule has 0 aromatic carbocycles. The molecule has 0 unspecified atom stereocenters. The van der Waals surface area contributed by atoms with Crippen LogP contribution in [0.4, 0.5) is 0 Å². The molecule has 0 saturated carbocycles. The minimum Gasteiger partial charge on any atom is -0.396 e. The molecular formula is C10H28O14P2. The SMILES string of the molecule is O=P(O)(O)OCC(CO)(CO)CO.O=[PH](O)O.OCC(CO)(CO)CO. The van der Waals surface area contributed by atoms with Crippen molar-refractivity contribution < 1.29 is 69.0 Å². The minimum absolute atomic E-state index is 0.406. The van der Waals surface area contributed by atoms with E-state index in [1.54, 1.807) is 0 Å². The molecule has 0 aliphatic carbocycles. The second kappa shape index (κ2) is 16.0. The second-order valence-corrected chi connectivity index (χ2v) is 6.96. The first-order valence-corrected chi connectivity index (χ1v) is 9.58. The number of hydrogen-bond acceptors (Lipinski definition) is 10. The predicted octanol–water partition coefficient (Wildman–Crippen LogP) is -4.64. The van der Waals surface area contributed by atoms with E-state index in [1.165, 1.54) is 0 Å². The van der Waals surface area contributed by atoms with Gasteiger partial charge in [0.15, 0.2) is 0 Å². The van der Waals surface area contributed by atoms with E-state index in [0.717, 1.165) is 0 Å². The summed E-state index contributed by atoms with van der Waals surface area (Å²) < 4.78 is 23.0. The number of aliphatic hydroxyl groups excluding tert-OH is 7. The molecule has 0 aromatic heterocycles. The lowest BCUT2D eigenvalue weighted by Gasteiger charge is -2.26. The van der Waals surface area contributed by atoms with Crippen molar-refractivity contribution in [2.24, 2.45) is 10.8 Å². The number of phosphoric ester groups is 1. The minimum atomic E-state index is -4.64. The van der Waals surface area contributed by atoms with Crippen LogP contribution in [0.2, 0.25) is 0 Å². The van der Waals surface area contributed by atoms with E-state index in [9.17, 15) is 4.57 Å². The van der Waals surface area contributed by atoms with Gasteiger partial charge in [-0.2, -0.15) is 0 Å². The van der Waals surface area contributed by atoms with Gasteiger partial charge in [0, 0.05) is 0 Å². The largest absolute Gasteiger partial charge is 0.469 e. The van der Waals surface area contributed by atoms with Gasteiger partial charge in [-0.3, -0.25) is 9.09 Å². The number of aliphatic hydroxyl groups is 7. The van der Waals surface area contributed by atoms with E-state index < -0.39 is 79.8 Å². The van der Waals surface area contributed by atoms with Gasteiger partial charge in [-0.15, -0.1) is 0 Å². The Bertz CT molecular complexity index is 361. The average Bonchev–Trinajstić information content (AvgIpc) is 2.58. The van der Waals surface area contributed by atoms with Gasteiger partial charge in [-0.25, -0.2) is 4.57 Å². The van der Waals surface area contributed by atoms with Crippen molar-refractivity contribution in [3.8, 4) is 0 Å². The third-order valence-corrected chi connectivity index (χ3v) is 3.35. The molecule has 0 atom stereocenters. The summed E-state index contributed by atoms with van der Waals surface area (Å²) >= 11 is 0. The summed E-state index contributed by atoms with van der Waals surface area (Å²) in [5, 5.41) is 60.1. The Morgan fingerprint density at radius 1 is 0.692 bits per heavy atom. The van der Waals surface area contributed by atoms with E-state index in [4.69, 9.17) is 59.9 Å². The zero-order chi connectivity index (χ0) is 21.4. The van der Waals surface area contributed by atoms with Crippen molar-refractivity contribution in [1.29, 1.82) is 0 Å². The molecule has 0 saturated heterocycles. The molecule has 0 spiro atoms. The molecular weight excluding hydrogens is 406 g/mol. The van der Waals surface area contributed by atoms with Gasteiger partial charge in [-0.1, -0.05) is 0 Å². The van der Waals surface area contributed by atoms with Crippen molar-refractivity contribution in [3.05, 3.63) is 0 Å². The van der Waals surface area contributed by atoms with Crippen molar-refractivity contribution in [1.82, 2.24) is 0 Å². The summed E-state index contributed by atoms with van der Waals surface area (Å²) in [6.07, 6.45) is 0. The fraction of sp³-hybridized carbons (Fsp3) is 1.00. The van der Waals surface area contributed by atoms with Gasteiger partial charge in [-0.05, 0) is 0 Å². The topological polar surface area (TPSA) is 266 Å². The van der Waals surface area contributed by atoms with E-state index in [0.29, 0.717) is 0 Å². The summed E-state index contributed by atoms with van der Waals surface area (Å²) in [5.41, 5.74) is -2.53. The maximum Gasteiger partial charge on any atom is 0.469 e. The molecule has 0 heterocycles.